The Kier molecular flexibility index (Phi) is 6.59. The van der Waals surface area contributed by atoms with E-state index in [9.17, 15) is 21.6 Å². The van der Waals surface area contributed by atoms with Crippen molar-refractivity contribution in [3.05, 3.63) is 0 Å². The van der Waals surface area contributed by atoms with Crippen LogP contribution in [0, 0.1) is 5.92 Å². The summed E-state index contributed by atoms with van der Waals surface area (Å²) in [6.45, 7) is 0.330. The topological polar surface area (TPSA) is 46.2 Å². The van der Waals surface area contributed by atoms with Crippen LogP contribution in [0.4, 0.5) is 13.2 Å². The molecule has 0 heterocycles. The van der Waals surface area contributed by atoms with Crippen LogP contribution in [-0.4, -0.2) is 31.7 Å². The van der Waals surface area contributed by atoms with Gasteiger partial charge in [-0.1, -0.05) is 22.4 Å². The summed E-state index contributed by atoms with van der Waals surface area (Å²) >= 11 is 3.51. The molecule has 0 bridgehead atoms. The van der Waals surface area contributed by atoms with E-state index in [4.69, 9.17) is 0 Å². The first-order valence-corrected chi connectivity index (χ1v) is 8.93. The fourth-order valence-corrected chi connectivity index (χ4v) is 4.20. The van der Waals surface area contributed by atoms with Gasteiger partial charge in [-0.3, -0.25) is 0 Å². The molecule has 1 saturated carbocycles. The van der Waals surface area contributed by atoms with E-state index in [0.29, 0.717) is 11.4 Å². The zero-order valence-electron chi connectivity index (χ0n) is 10.5. The average molecular weight is 366 g/mol. The molecule has 3 nitrogen and oxygen atoms in total. The Hall–Kier alpha value is 0.180. The largest absolute Gasteiger partial charge is 0.389 e. The predicted molar refractivity (Wildman–Crippen MR) is 71.8 cm³/mol. The lowest BCUT2D eigenvalue weighted by atomic mass is 9.89. The molecule has 0 radical (unpaired) electrons. The van der Waals surface area contributed by atoms with Gasteiger partial charge in [-0.25, -0.2) is 13.1 Å². The van der Waals surface area contributed by atoms with Crippen molar-refractivity contribution in [1.29, 1.82) is 0 Å². The second kappa shape index (κ2) is 7.26. The number of halogens is 4. The van der Waals surface area contributed by atoms with Crippen molar-refractivity contribution in [2.45, 2.75) is 49.5 Å². The summed E-state index contributed by atoms with van der Waals surface area (Å²) in [5.41, 5.74) is 0. The first kappa shape index (κ1) is 17.2. The van der Waals surface area contributed by atoms with Gasteiger partial charge in [0, 0.05) is 17.8 Å². The highest BCUT2D eigenvalue weighted by atomic mass is 79.9. The average Bonchev–Trinajstić information content (AvgIpc) is 2.24. The third-order valence-corrected chi connectivity index (χ3v) is 5.45. The number of rotatable bonds is 6. The molecule has 0 amide bonds. The van der Waals surface area contributed by atoms with Gasteiger partial charge in [0.2, 0.25) is 10.0 Å². The van der Waals surface area contributed by atoms with Crippen LogP contribution in [0.25, 0.3) is 0 Å². The van der Waals surface area contributed by atoms with Crippen molar-refractivity contribution < 1.29 is 21.6 Å². The summed E-state index contributed by atoms with van der Waals surface area (Å²) in [4.78, 5) is 0.418. The Balaban J connectivity index is 2.26. The number of hydrogen-bond donors (Lipinski definition) is 1. The van der Waals surface area contributed by atoms with Crippen molar-refractivity contribution in [1.82, 2.24) is 4.72 Å². The highest BCUT2D eigenvalue weighted by Crippen LogP contribution is 2.28. The monoisotopic (exact) mass is 365 g/mol. The molecule has 1 N–H and O–H groups in total. The summed E-state index contributed by atoms with van der Waals surface area (Å²) in [6.07, 6.45) is -1.71. The van der Waals surface area contributed by atoms with Crippen LogP contribution in [0.15, 0.2) is 0 Å². The second-order valence-corrected chi connectivity index (χ2v) is 8.24. The molecule has 1 fully saturated rings. The number of sulfonamides is 1. The molecule has 1 rings (SSSR count). The molecule has 0 aromatic rings. The van der Waals surface area contributed by atoms with E-state index in [-0.39, 0.29) is 12.3 Å². The molecular weight excluding hydrogens is 347 g/mol. The van der Waals surface area contributed by atoms with Crippen LogP contribution < -0.4 is 4.72 Å². The van der Waals surface area contributed by atoms with E-state index in [2.05, 4.69) is 20.7 Å². The van der Waals surface area contributed by atoms with Gasteiger partial charge < -0.3 is 0 Å². The highest BCUT2D eigenvalue weighted by molar-refractivity contribution is 9.09. The van der Waals surface area contributed by atoms with E-state index in [0.717, 1.165) is 25.7 Å². The Morgan fingerprint density at radius 2 is 1.95 bits per heavy atom. The van der Waals surface area contributed by atoms with Gasteiger partial charge in [-0.05, 0) is 31.6 Å². The molecule has 0 aliphatic heterocycles. The van der Waals surface area contributed by atoms with Crippen molar-refractivity contribution >= 4 is 26.0 Å². The Bertz CT molecular complexity index is 373. The van der Waals surface area contributed by atoms with Gasteiger partial charge in [0.15, 0.2) is 0 Å². The molecule has 19 heavy (non-hydrogen) atoms. The maximum absolute atomic E-state index is 11.9. The standard InChI is InChI=1S/C11H19BrF3NO2S/c12-10-4-1-3-9(7-10)8-16-19(17,18)6-2-5-11(13,14)15/h9-10,16H,1-8H2. The Morgan fingerprint density at radius 1 is 1.26 bits per heavy atom. The van der Waals surface area contributed by atoms with E-state index in [1.807, 2.05) is 0 Å². The molecule has 2 atom stereocenters. The smallest absolute Gasteiger partial charge is 0.215 e. The van der Waals surface area contributed by atoms with Crippen molar-refractivity contribution in [2.75, 3.05) is 12.3 Å². The van der Waals surface area contributed by atoms with E-state index in [1.54, 1.807) is 0 Å². The fourth-order valence-electron chi connectivity index (χ4n) is 2.19. The third kappa shape index (κ3) is 8.14. The fraction of sp³-hybridized carbons (Fsp3) is 1.00. The van der Waals surface area contributed by atoms with Crippen molar-refractivity contribution in [2.24, 2.45) is 5.92 Å². The van der Waals surface area contributed by atoms with Gasteiger partial charge in [0.25, 0.3) is 0 Å². The second-order valence-electron chi connectivity index (χ2n) is 5.02. The molecule has 1 aliphatic carbocycles. The number of nitrogens with one attached hydrogen (secondary N) is 1. The summed E-state index contributed by atoms with van der Waals surface area (Å²) in [5, 5.41) is 0. The summed E-state index contributed by atoms with van der Waals surface area (Å²) in [7, 11) is -3.59. The summed E-state index contributed by atoms with van der Waals surface area (Å²) in [6, 6.07) is 0. The van der Waals surface area contributed by atoms with Crippen LogP contribution in [-0.2, 0) is 10.0 Å². The molecular formula is C11H19BrF3NO2S. The van der Waals surface area contributed by atoms with Gasteiger partial charge in [-0.2, -0.15) is 13.2 Å². The van der Waals surface area contributed by atoms with E-state index >= 15 is 0 Å². The zero-order valence-corrected chi connectivity index (χ0v) is 13.0. The Labute approximate surface area is 120 Å². The molecule has 8 heteroatoms. The van der Waals surface area contributed by atoms with Gasteiger partial charge in [0.05, 0.1) is 5.75 Å². The van der Waals surface area contributed by atoms with Crippen LogP contribution >= 0.6 is 15.9 Å². The minimum atomic E-state index is -4.29. The SMILES string of the molecule is O=S(=O)(CCCC(F)(F)F)NCC1CCCC(Br)C1. The van der Waals surface area contributed by atoms with E-state index < -0.39 is 28.4 Å². The Morgan fingerprint density at radius 3 is 2.53 bits per heavy atom. The minimum absolute atomic E-state index is 0.274. The molecule has 1 aliphatic rings. The maximum atomic E-state index is 11.9. The first-order chi connectivity index (χ1) is 8.68. The van der Waals surface area contributed by atoms with Gasteiger partial charge >= 0.3 is 6.18 Å². The first-order valence-electron chi connectivity index (χ1n) is 6.36. The van der Waals surface area contributed by atoms with Crippen molar-refractivity contribution in [3.8, 4) is 0 Å². The molecule has 114 valence electrons. The molecule has 0 spiro atoms. The van der Waals surface area contributed by atoms with Gasteiger partial charge in [0.1, 0.15) is 0 Å². The molecule has 0 saturated heterocycles. The summed E-state index contributed by atoms with van der Waals surface area (Å²) in [5.74, 6) is -0.188. The number of hydrogen-bond acceptors (Lipinski definition) is 2. The van der Waals surface area contributed by atoms with Crippen LogP contribution in [0.3, 0.4) is 0 Å². The lowest BCUT2D eigenvalue weighted by Gasteiger charge is -2.25. The van der Waals surface area contributed by atoms with Crippen LogP contribution in [0.1, 0.15) is 38.5 Å². The highest BCUT2D eigenvalue weighted by Gasteiger charge is 2.27. The summed E-state index contributed by atoms with van der Waals surface area (Å²) < 4.78 is 61.3. The lowest BCUT2D eigenvalue weighted by molar-refractivity contribution is -0.134. The van der Waals surface area contributed by atoms with Crippen molar-refractivity contribution in [3.63, 3.8) is 0 Å². The lowest BCUT2D eigenvalue weighted by Crippen LogP contribution is -2.33. The quantitative estimate of drug-likeness (QED) is 0.734. The van der Waals surface area contributed by atoms with Crippen LogP contribution in [0.5, 0.6) is 0 Å². The maximum Gasteiger partial charge on any atom is 0.389 e. The molecule has 0 aromatic carbocycles. The predicted octanol–water partition coefficient (Wildman–Crippen LogP) is 3.20. The van der Waals surface area contributed by atoms with Gasteiger partial charge in [-0.15, -0.1) is 0 Å². The van der Waals surface area contributed by atoms with E-state index in [1.165, 1.54) is 0 Å². The minimum Gasteiger partial charge on any atom is -0.215 e. The zero-order chi connectivity index (χ0) is 14.5. The third-order valence-electron chi connectivity index (χ3n) is 3.18. The van der Waals surface area contributed by atoms with Crippen LogP contribution in [0.2, 0.25) is 0 Å². The molecule has 2 unspecified atom stereocenters. The molecule has 0 aromatic heterocycles. The normalized spacial score (nSPS) is 25.5. The number of alkyl halides is 4.